The van der Waals surface area contributed by atoms with E-state index in [9.17, 15) is 0 Å². The first-order valence-corrected chi connectivity index (χ1v) is 8.57. The van der Waals surface area contributed by atoms with Crippen LogP contribution in [0.5, 0.6) is 0 Å². The maximum atomic E-state index is 2.64. The second-order valence-electron chi connectivity index (χ2n) is 5.83. The van der Waals surface area contributed by atoms with Gasteiger partial charge in [0.15, 0.2) is 0 Å². The zero-order valence-electron chi connectivity index (χ0n) is 14.0. The zero-order chi connectivity index (χ0) is 14.8. The molecule has 0 radical (unpaired) electrons. The number of rotatable bonds is 10. The summed E-state index contributed by atoms with van der Waals surface area (Å²) in [6.07, 6.45) is 9.07. The van der Waals surface area contributed by atoms with E-state index in [4.69, 9.17) is 0 Å². The summed E-state index contributed by atoms with van der Waals surface area (Å²) >= 11 is 0. The Morgan fingerprint density at radius 1 is 0.850 bits per heavy atom. The van der Waals surface area contributed by atoms with Gasteiger partial charge in [0.25, 0.3) is 0 Å². The predicted molar refractivity (Wildman–Crippen MR) is 91.8 cm³/mol. The van der Waals surface area contributed by atoms with Crippen molar-refractivity contribution in [2.45, 2.75) is 72.6 Å². The molecule has 0 aliphatic heterocycles. The first-order valence-electron chi connectivity index (χ1n) is 8.57. The third-order valence-electron chi connectivity index (χ3n) is 4.14. The van der Waals surface area contributed by atoms with Crippen molar-refractivity contribution in [1.82, 2.24) is 0 Å². The van der Waals surface area contributed by atoms with E-state index in [2.05, 4.69) is 50.8 Å². The summed E-state index contributed by atoms with van der Waals surface area (Å²) in [6, 6.07) is 6.79. The highest BCUT2D eigenvalue weighted by molar-refractivity contribution is 5.56. The summed E-state index contributed by atoms with van der Waals surface area (Å²) in [5, 5.41) is 0. The Morgan fingerprint density at radius 2 is 1.45 bits per heavy atom. The molecule has 1 heteroatoms. The molecule has 1 aromatic carbocycles. The summed E-state index contributed by atoms with van der Waals surface area (Å²) in [5.41, 5.74) is 4.47. The van der Waals surface area contributed by atoms with Crippen LogP contribution in [0.4, 0.5) is 5.69 Å². The summed E-state index contributed by atoms with van der Waals surface area (Å²) in [7, 11) is 0. The lowest BCUT2D eigenvalue weighted by Gasteiger charge is -2.28. The molecule has 1 nitrogen and oxygen atoms in total. The Morgan fingerprint density at radius 3 is 1.95 bits per heavy atom. The largest absolute Gasteiger partial charge is 0.371 e. The van der Waals surface area contributed by atoms with E-state index in [0.29, 0.717) is 0 Å². The topological polar surface area (TPSA) is 3.24 Å². The molecule has 0 aromatic heterocycles. The van der Waals surface area contributed by atoms with E-state index >= 15 is 0 Å². The van der Waals surface area contributed by atoms with Crippen LogP contribution in [0.25, 0.3) is 0 Å². The molecular weight excluding hydrogens is 242 g/mol. The summed E-state index contributed by atoms with van der Waals surface area (Å²) in [5.74, 6) is 0. The van der Waals surface area contributed by atoms with Crippen LogP contribution in [0.15, 0.2) is 18.2 Å². The molecule has 0 aliphatic rings. The molecule has 0 aliphatic carbocycles. The average Bonchev–Trinajstić information content (AvgIpc) is 2.46. The van der Waals surface area contributed by atoms with Crippen LogP contribution < -0.4 is 4.90 Å². The third-order valence-corrected chi connectivity index (χ3v) is 4.14. The number of unbranched alkanes of at least 4 members (excludes halogenated alkanes) is 4. The maximum absolute atomic E-state index is 2.64. The lowest BCUT2D eigenvalue weighted by atomic mass is 10.0. The lowest BCUT2D eigenvalue weighted by Crippen LogP contribution is -2.27. The van der Waals surface area contributed by atoms with Crippen molar-refractivity contribution in [3.05, 3.63) is 29.3 Å². The fourth-order valence-corrected chi connectivity index (χ4v) is 2.90. The van der Waals surface area contributed by atoms with E-state index in [-0.39, 0.29) is 0 Å². The first kappa shape index (κ1) is 17.1. The van der Waals surface area contributed by atoms with E-state index < -0.39 is 0 Å². The Hall–Kier alpha value is -0.980. The Labute approximate surface area is 126 Å². The van der Waals surface area contributed by atoms with Crippen molar-refractivity contribution in [3.8, 4) is 0 Å². The van der Waals surface area contributed by atoms with Gasteiger partial charge in [-0.05, 0) is 43.4 Å². The van der Waals surface area contributed by atoms with Crippen molar-refractivity contribution >= 4 is 5.69 Å². The minimum atomic E-state index is 1.14. The average molecular weight is 275 g/mol. The molecule has 0 bridgehead atoms. The summed E-state index contributed by atoms with van der Waals surface area (Å²) < 4.78 is 0. The molecule has 0 unspecified atom stereocenters. The quantitative estimate of drug-likeness (QED) is 0.492. The van der Waals surface area contributed by atoms with Gasteiger partial charge in [-0.15, -0.1) is 0 Å². The van der Waals surface area contributed by atoms with E-state index in [1.165, 1.54) is 62.9 Å². The maximum Gasteiger partial charge on any atom is 0.0401 e. The number of hydrogen-bond donors (Lipinski definition) is 0. The number of nitrogens with zero attached hydrogens (tertiary/aromatic N) is 1. The van der Waals surface area contributed by atoms with Crippen LogP contribution >= 0.6 is 0 Å². The molecule has 0 N–H and O–H groups in total. The van der Waals surface area contributed by atoms with Gasteiger partial charge >= 0.3 is 0 Å². The number of anilines is 1. The van der Waals surface area contributed by atoms with Gasteiger partial charge in [-0.25, -0.2) is 0 Å². The van der Waals surface area contributed by atoms with E-state index in [0.717, 1.165) is 6.42 Å². The fraction of sp³-hybridized carbons (Fsp3) is 0.684. The van der Waals surface area contributed by atoms with Crippen LogP contribution in [-0.4, -0.2) is 13.1 Å². The molecule has 20 heavy (non-hydrogen) atoms. The Bertz CT molecular complexity index is 360. The second kappa shape index (κ2) is 9.85. The Kier molecular flexibility index (Phi) is 8.41. The zero-order valence-corrected chi connectivity index (χ0v) is 14.0. The SMILES string of the molecule is CCCCCN(CCCCC)c1cccc(C)c1CC. The van der Waals surface area contributed by atoms with Crippen molar-refractivity contribution in [1.29, 1.82) is 0 Å². The van der Waals surface area contributed by atoms with Crippen LogP contribution in [-0.2, 0) is 6.42 Å². The van der Waals surface area contributed by atoms with Crippen LogP contribution in [0.3, 0.4) is 0 Å². The van der Waals surface area contributed by atoms with Crippen molar-refractivity contribution in [2.75, 3.05) is 18.0 Å². The number of aryl methyl sites for hydroxylation is 1. The van der Waals surface area contributed by atoms with Gasteiger partial charge in [0.2, 0.25) is 0 Å². The highest BCUT2D eigenvalue weighted by Crippen LogP contribution is 2.25. The molecule has 0 fully saturated rings. The van der Waals surface area contributed by atoms with Crippen LogP contribution in [0, 0.1) is 6.92 Å². The Balaban J connectivity index is 2.81. The number of hydrogen-bond acceptors (Lipinski definition) is 1. The molecule has 0 spiro atoms. The molecule has 0 amide bonds. The molecule has 1 aromatic rings. The predicted octanol–water partition coefficient (Wildman–Crippen LogP) is 5.74. The van der Waals surface area contributed by atoms with Gasteiger partial charge in [0.05, 0.1) is 0 Å². The number of benzene rings is 1. The van der Waals surface area contributed by atoms with E-state index in [1.54, 1.807) is 5.56 Å². The molecule has 0 saturated carbocycles. The van der Waals surface area contributed by atoms with Crippen molar-refractivity contribution in [2.24, 2.45) is 0 Å². The highest BCUT2D eigenvalue weighted by atomic mass is 15.1. The minimum Gasteiger partial charge on any atom is -0.371 e. The molecular formula is C19H33N. The monoisotopic (exact) mass is 275 g/mol. The summed E-state index contributed by atoms with van der Waals surface area (Å²) in [6.45, 7) is 11.5. The van der Waals surface area contributed by atoms with Crippen LogP contribution in [0.2, 0.25) is 0 Å². The lowest BCUT2D eigenvalue weighted by molar-refractivity contribution is 0.635. The second-order valence-corrected chi connectivity index (χ2v) is 5.83. The van der Waals surface area contributed by atoms with Gasteiger partial charge in [-0.1, -0.05) is 58.6 Å². The van der Waals surface area contributed by atoms with Gasteiger partial charge in [-0.2, -0.15) is 0 Å². The molecule has 0 saturated heterocycles. The fourth-order valence-electron chi connectivity index (χ4n) is 2.90. The molecule has 114 valence electrons. The normalized spacial score (nSPS) is 10.8. The molecule has 1 rings (SSSR count). The third kappa shape index (κ3) is 5.19. The van der Waals surface area contributed by atoms with Gasteiger partial charge in [-0.3, -0.25) is 0 Å². The van der Waals surface area contributed by atoms with Crippen molar-refractivity contribution < 1.29 is 0 Å². The standard InChI is InChI=1S/C19H33N/c1-5-8-10-15-20(16-11-9-6-2)19-14-12-13-17(4)18(19)7-3/h12-14H,5-11,15-16H2,1-4H3. The first-order chi connectivity index (χ1) is 9.74. The molecule has 0 atom stereocenters. The summed E-state index contributed by atoms with van der Waals surface area (Å²) in [4.78, 5) is 2.64. The molecule has 0 heterocycles. The van der Waals surface area contributed by atoms with Crippen molar-refractivity contribution in [3.63, 3.8) is 0 Å². The minimum absolute atomic E-state index is 1.14. The highest BCUT2D eigenvalue weighted by Gasteiger charge is 2.11. The van der Waals surface area contributed by atoms with Crippen LogP contribution in [0.1, 0.15) is 70.4 Å². The van der Waals surface area contributed by atoms with Gasteiger partial charge < -0.3 is 4.90 Å². The van der Waals surface area contributed by atoms with Gasteiger partial charge in [0.1, 0.15) is 0 Å². The van der Waals surface area contributed by atoms with E-state index in [1.807, 2.05) is 0 Å². The smallest absolute Gasteiger partial charge is 0.0401 e. The van der Waals surface area contributed by atoms with Gasteiger partial charge in [0, 0.05) is 18.8 Å².